The lowest BCUT2D eigenvalue weighted by molar-refractivity contribution is -0.188. The van der Waals surface area contributed by atoms with Gasteiger partial charge in [0.15, 0.2) is 0 Å². The molecule has 1 rings (SSSR count). The number of carboxylic acid groups (broad SMARTS) is 1. The summed E-state index contributed by atoms with van der Waals surface area (Å²) in [4.78, 5) is 21.6. The Kier molecular flexibility index (Phi) is 4.36. The number of hydrogen-bond acceptors (Lipinski definition) is 2. The number of carboxylic acids is 1. The lowest BCUT2D eigenvalue weighted by atomic mass is 9.88. The zero-order chi connectivity index (χ0) is 14.8. The molecule has 0 atom stereocenters. The molecule has 0 unspecified atom stereocenters. The number of likely N-dealkylation sites (tertiary alicyclic amines) is 1. The highest BCUT2D eigenvalue weighted by Crippen LogP contribution is 2.36. The van der Waals surface area contributed by atoms with E-state index in [2.05, 4.69) is 0 Å². The van der Waals surface area contributed by atoms with Crippen molar-refractivity contribution < 1.29 is 36.6 Å². The number of aliphatic carboxylic acids is 1. The molecule has 0 aromatic carbocycles. The maximum Gasteiger partial charge on any atom is 0.471 e. The van der Waals surface area contributed by atoms with Gasteiger partial charge in [-0.05, 0) is 12.8 Å². The largest absolute Gasteiger partial charge is 0.481 e. The van der Waals surface area contributed by atoms with Crippen molar-refractivity contribution in [3.05, 3.63) is 0 Å². The third-order valence-corrected chi connectivity index (χ3v) is 3.01. The van der Waals surface area contributed by atoms with Crippen LogP contribution in [-0.4, -0.2) is 47.1 Å². The predicted molar refractivity (Wildman–Crippen MR) is 52.6 cm³/mol. The Morgan fingerprint density at radius 1 is 1.11 bits per heavy atom. The van der Waals surface area contributed by atoms with Crippen molar-refractivity contribution in [2.24, 2.45) is 5.92 Å². The number of piperidine rings is 1. The maximum absolute atomic E-state index is 13.4. The molecule has 9 heteroatoms. The van der Waals surface area contributed by atoms with Crippen LogP contribution in [0.15, 0.2) is 0 Å². The summed E-state index contributed by atoms with van der Waals surface area (Å²) in [6.45, 7) is -0.892. The Morgan fingerprint density at radius 2 is 1.58 bits per heavy atom. The summed E-state index contributed by atoms with van der Waals surface area (Å²) >= 11 is 0. The molecule has 1 N–H and O–H groups in total. The number of nitrogens with zero attached hydrogens (tertiary/aromatic N) is 1. The number of hydrogen-bond donors (Lipinski definition) is 1. The van der Waals surface area contributed by atoms with E-state index in [1.54, 1.807) is 0 Å². The van der Waals surface area contributed by atoms with E-state index in [1.165, 1.54) is 0 Å². The van der Waals surface area contributed by atoms with Crippen LogP contribution in [0.2, 0.25) is 0 Å². The van der Waals surface area contributed by atoms with Crippen LogP contribution in [0.1, 0.15) is 19.3 Å². The molecule has 1 aliphatic heterocycles. The summed E-state index contributed by atoms with van der Waals surface area (Å²) in [5.74, 6) is -8.51. The number of carbonyl (C=O) groups excluding carboxylic acids is 1. The minimum Gasteiger partial charge on any atom is -0.481 e. The molecule has 1 fully saturated rings. The minimum absolute atomic E-state index is 0.345. The van der Waals surface area contributed by atoms with Crippen LogP contribution in [-0.2, 0) is 9.59 Å². The van der Waals surface area contributed by atoms with Crippen molar-refractivity contribution in [1.82, 2.24) is 4.90 Å². The summed E-state index contributed by atoms with van der Waals surface area (Å²) in [5, 5.41) is 8.33. The molecule has 1 amide bonds. The first kappa shape index (κ1) is 15.6. The van der Waals surface area contributed by atoms with Crippen LogP contribution in [0.25, 0.3) is 0 Å². The van der Waals surface area contributed by atoms with Gasteiger partial charge in [-0.2, -0.15) is 13.2 Å². The van der Waals surface area contributed by atoms with Crippen LogP contribution in [0, 0.1) is 5.92 Å². The van der Waals surface area contributed by atoms with E-state index < -0.39 is 49.4 Å². The van der Waals surface area contributed by atoms with Crippen molar-refractivity contribution in [2.45, 2.75) is 31.4 Å². The number of amides is 1. The van der Waals surface area contributed by atoms with E-state index in [0.29, 0.717) is 4.90 Å². The van der Waals surface area contributed by atoms with Crippen molar-refractivity contribution in [1.29, 1.82) is 0 Å². The molecule has 110 valence electrons. The minimum atomic E-state index is -5.02. The van der Waals surface area contributed by atoms with Gasteiger partial charge in [-0.3, -0.25) is 9.59 Å². The van der Waals surface area contributed by atoms with E-state index in [9.17, 15) is 31.5 Å². The third kappa shape index (κ3) is 4.03. The second-order valence-corrected chi connectivity index (χ2v) is 4.40. The Balaban J connectivity index is 2.58. The Morgan fingerprint density at radius 3 is 1.95 bits per heavy atom. The summed E-state index contributed by atoms with van der Waals surface area (Å²) in [7, 11) is 0. The zero-order valence-electron chi connectivity index (χ0n) is 9.71. The van der Waals surface area contributed by atoms with Gasteiger partial charge in [-0.25, -0.2) is 8.78 Å². The number of halogens is 5. The molecule has 0 aromatic rings. The molecule has 0 aliphatic carbocycles. The number of carbonyl (C=O) groups is 2. The highest BCUT2D eigenvalue weighted by atomic mass is 19.4. The van der Waals surface area contributed by atoms with Crippen LogP contribution in [0.5, 0.6) is 0 Å². The zero-order valence-corrected chi connectivity index (χ0v) is 9.71. The Bertz CT molecular complexity index is 361. The summed E-state index contributed by atoms with van der Waals surface area (Å²) in [6.07, 6.45) is -7.06. The quantitative estimate of drug-likeness (QED) is 0.807. The van der Waals surface area contributed by atoms with E-state index in [0.717, 1.165) is 0 Å². The first-order valence-electron chi connectivity index (χ1n) is 5.50. The third-order valence-electron chi connectivity index (χ3n) is 3.01. The smallest absolute Gasteiger partial charge is 0.471 e. The van der Waals surface area contributed by atoms with E-state index in [4.69, 9.17) is 5.11 Å². The van der Waals surface area contributed by atoms with E-state index >= 15 is 0 Å². The van der Waals surface area contributed by atoms with Crippen LogP contribution < -0.4 is 0 Å². The van der Waals surface area contributed by atoms with Gasteiger partial charge in [-0.15, -0.1) is 0 Å². The monoisotopic (exact) mass is 289 g/mol. The van der Waals surface area contributed by atoms with Gasteiger partial charge in [0.2, 0.25) is 0 Å². The van der Waals surface area contributed by atoms with Gasteiger partial charge in [0.1, 0.15) is 6.42 Å². The number of alkyl halides is 5. The average molecular weight is 289 g/mol. The van der Waals surface area contributed by atoms with Crippen LogP contribution in [0.3, 0.4) is 0 Å². The highest BCUT2D eigenvalue weighted by Gasteiger charge is 2.47. The molecule has 0 aromatic heterocycles. The van der Waals surface area contributed by atoms with Gasteiger partial charge in [0, 0.05) is 19.0 Å². The molecule has 1 aliphatic rings. The van der Waals surface area contributed by atoms with Crippen molar-refractivity contribution in [3.8, 4) is 0 Å². The fourth-order valence-electron chi connectivity index (χ4n) is 2.03. The van der Waals surface area contributed by atoms with Gasteiger partial charge in [-0.1, -0.05) is 0 Å². The lowest BCUT2D eigenvalue weighted by Crippen LogP contribution is -2.48. The maximum atomic E-state index is 13.4. The summed E-state index contributed by atoms with van der Waals surface area (Å²) in [5.41, 5.74) is 0. The SMILES string of the molecule is O=C(O)CC(F)(F)C1CCN(C(=O)C(F)(F)F)CC1. The molecule has 0 bridgehead atoms. The molecule has 19 heavy (non-hydrogen) atoms. The normalized spacial score (nSPS) is 18.5. The highest BCUT2D eigenvalue weighted by molar-refractivity contribution is 5.81. The molecule has 4 nitrogen and oxygen atoms in total. The van der Waals surface area contributed by atoms with Crippen molar-refractivity contribution in [2.75, 3.05) is 13.1 Å². The predicted octanol–water partition coefficient (Wildman–Crippen LogP) is 1.90. The Hall–Kier alpha value is -1.41. The van der Waals surface area contributed by atoms with Gasteiger partial charge in [0.25, 0.3) is 5.92 Å². The van der Waals surface area contributed by atoms with E-state index in [1.807, 2.05) is 0 Å². The second-order valence-electron chi connectivity index (χ2n) is 4.40. The second kappa shape index (κ2) is 5.30. The molecule has 0 radical (unpaired) electrons. The fraction of sp³-hybridized carbons (Fsp3) is 0.800. The molecular weight excluding hydrogens is 277 g/mol. The molecule has 0 saturated carbocycles. The first-order valence-corrected chi connectivity index (χ1v) is 5.50. The average Bonchev–Trinajstić information content (AvgIpc) is 2.25. The van der Waals surface area contributed by atoms with Gasteiger partial charge in [0.05, 0.1) is 0 Å². The van der Waals surface area contributed by atoms with E-state index in [-0.39, 0.29) is 12.8 Å². The van der Waals surface area contributed by atoms with Crippen LogP contribution >= 0.6 is 0 Å². The topological polar surface area (TPSA) is 57.6 Å². The summed E-state index contributed by atoms with van der Waals surface area (Å²) in [6, 6.07) is 0. The van der Waals surface area contributed by atoms with Crippen molar-refractivity contribution >= 4 is 11.9 Å². The lowest BCUT2D eigenvalue weighted by Gasteiger charge is -2.35. The molecule has 0 spiro atoms. The molecule has 1 heterocycles. The first-order chi connectivity index (χ1) is 8.54. The molecular formula is C10H12F5NO3. The van der Waals surface area contributed by atoms with Gasteiger partial charge < -0.3 is 10.0 Å². The molecule has 1 saturated heterocycles. The van der Waals surface area contributed by atoms with Gasteiger partial charge >= 0.3 is 18.1 Å². The Labute approximate surface area is 105 Å². The summed E-state index contributed by atoms with van der Waals surface area (Å²) < 4.78 is 63.2. The fourth-order valence-corrected chi connectivity index (χ4v) is 2.03. The number of rotatable bonds is 3. The van der Waals surface area contributed by atoms with Crippen molar-refractivity contribution in [3.63, 3.8) is 0 Å². The van der Waals surface area contributed by atoms with Crippen LogP contribution in [0.4, 0.5) is 22.0 Å². The standard InChI is InChI=1S/C10H12F5NO3/c11-9(12,5-7(17)18)6-1-3-16(4-2-6)8(19)10(13,14)15/h6H,1-5H2,(H,17,18).